The first kappa shape index (κ1) is 45.6. The Morgan fingerprint density at radius 1 is 1.06 bits per heavy atom. The van der Waals surface area contributed by atoms with Crippen LogP contribution >= 0.6 is 0 Å². The number of H-pyrrole nitrogens is 1. The highest BCUT2D eigenvalue weighted by atomic mass is 32.2. The number of nitrogens with one attached hydrogen (secondary N) is 3. The second-order valence-electron chi connectivity index (χ2n) is 21.3. The maximum Gasteiger partial charge on any atom is 0.297 e. The van der Waals surface area contributed by atoms with E-state index in [4.69, 9.17) is 9.47 Å². The van der Waals surface area contributed by atoms with Crippen LogP contribution in [0.1, 0.15) is 86.7 Å². The van der Waals surface area contributed by atoms with Crippen molar-refractivity contribution in [1.29, 1.82) is 0 Å². The van der Waals surface area contributed by atoms with Crippen LogP contribution in [0.4, 0.5) is 21.5 Å². The number of fused-ring (bicyclic) bond motifs is 3. The molecular weight excluding hydrogens is 904 g/mol. The van der Waals surface area contributed by atoms with Gasteiger partial charge in [-0.1, -0.05) is 38.1 Å². The number of nitro groups is 1. The van der Waals surface area contributed by atoms with Gasteiger partial charge in [0.05, 0.1) is 38.6 Å². The predicted molar refractivity (Wildman–Crippen MR) is 258 cm³/mol. The van der Waals surface area contributed by atoms with Crippen LogP contribution < -0.4 is 24.4 Å². The molecule has 1 unspecified atom stereocenters. The third-order valence-corrected chi connectivity index (χ3v) is 17.7. The summed E-state index contributed by atoms with van der Waals surface area (Å²) in [6, 6.07) is 17.8. The van der Waals surface area contributed by atoms with E-state index in [0.29, 0.717) is 49.2 Å². The van der Waals surface area contributed by atoms with Crippen LogP contribution in [0.25, 0.3) is 11.0 Å². The molecule has 0 bridgehead atoms. The zero-order valence-electron chi connectivity index (χ0n) is 39.3. The van der Waals surface area contributed by atoms with Gasteiger partial charge in [0.25, 0.3) is 21.6 Å². The van der Waals surface area contributed by atoms with Crippen molar-refractivity contribution in [3.8, 4) is 17.2 Å². The number of carbonyl (C=O) groups is 1. The number of hydrogen-bond donors (Lipinski definition) is 4. The highest BCUT2D eigenvalue weighted by Gasteiger charge is 2.73. The summed E-state index contributed by atoms with van der Waals surface area (Å²) < 4.78 is 57.0. The number of rotatable bonds is 11. The number of aromatic amines is 1. The van der Waals surface area contributed by atoms with Crippen LogP contribution in [0.5, 0.6) is 17.2 Å². The second kappa shape index (κ2) is 16.7. The molecule has 3 saturated heterocycles. The van der Waals surface area contributed by atoms with Crippen molar-refractivity contribution in [2.24, 2.45) is 17.3 Å². The lowest BCUT2D eigenvalue weighted by atomic mass is 9.71. The van der Waals surface area contributed by atoms with Crippen molar-refractivity contribution >= 4 is 44.0 Å². The van der Waals surface area contributed by atoms with Gasteiger partial charge in [0.1, 0.15) is 29.6 Å². The molecule has 3 aromatic carbocycles. The maximum absolute atomic E-state index is 14.7. The maximum atomic E-state index is 14.7. The number of piperidine rings is 2. The molecule has 4 N–H and O–H groups in total. The molecule has 2 aliphatic carbocycles. The molecule has 2 aromatic heterocycles. The summed E-state index contributed by atoms with van der Waals surface area (Å²) in [7, 11) is -2.48. The largest absolute Gasteiger partial charge is 0.489 e. The van der Waals surface area contributed by atoms with Crippen LogP contribution in [-0.4, -0.2) is 115 Å². The summed E-state index contributed by atoms with van der Waals surface area (Å²) in [6.07, 6.45) is 7.10. The average Bonchev–Trinajstić information content (AvgIpc) is 3.52. The third-order valence-electron chi connectivity index (χ3n) is 16.4. The molecule has 2 saturated carbocycles. The Bertz CT molecular complexity index is 2970. The van der Waals surface area contributed by atoms with Crippen molar-refractivity contribution in [2.45, 2.75) is 93.2 Å². The number of carbonyl (C=O) groups excluding carboxylic acids is 1. The number of pyridine rings is 1. The summed E-state index contributed by atoms with van der Waals surface area (Å²) in [5.74, 6) is -0.292. The summed E-state index contributed by atoms with van der Waals surface area (Å²) >= 11 is 0. The van der Waals surface area contributed by atoms with Crippen LogP contribution in [0, 0.1) is 33.2 Å². The van der Waals surface area contributed by atoms with E-state index in [1.54, 1.807) is 19.1 Å². The van der Waals surface area contributed by atoms with Gasteiger partial charge in [-0.2, -0.15) is 0 Å². The Hall–Kier alpha value is -5.82. The molecule has 5 aromatic rings. The molecule has 16 nitrogen and oxygen atoms in total. The SMILES string of the molecule is CC(C)c1ccccc1[C@@]12CN(C)CC1[C@H]2N1CC2(CCN(c3ccc(C(=O)NS(=O)(=O)c4cc5c(c([N+](=O)[O-])c4)N[C@@H]([C@H]4CC[C@](C)(O)CC4)CO5)c(Oc4cnc5[nH]cc(F)c5c4)c3)CC2)C1. The molecule has 69 heavy (non-hydrogen) atoms. The Kier molecular flexibility index (Phi) is 11.0. The Labute approximate surface area is 400 Å². The molecule has 4 aliphatic heterocycles. The molecule has 11 rings (SSSR count). The minimum atomic E-state index is -4.72. The molecule has 18 heteroatoms. The van der Waals surface area contributed by atoms with Crippen molar-refractivity contribution in [1.82, 2.24) is 24.5 Å². The minimum absolute atomic E-state index is 0.0174. The van der Waals surface area contributed by atoms with Crippen molar-refractivity contribution in [3.63, 3.8) is 0 Å². The number of ether oxygens (including phenoxy) is 2. The molecule has 1 amide bonds. The Morgan fingerprint density at radius 2 is 1.81 bits per heavy atom. The van der Waals surface area contributed by atoms with Gasteiger partial charge in [0.2, 0.25) is 0 Å². The summed E-state index contributed by atoms with van der Waals surface area (Å²) in [5.41, 5.74) is 3.08. The zero-order chi connectivity index (χ0) is 48.2. The summed E-state index contributed by atoms with van der Waals surface area (Å²) in [5, 5.41) is 26.3. The number of nitrogens with zero attached hydrogens (tertiary/aromatic N) is 5. The van der Waals surface area contributed by atoms with E-state index < -0.39 is 42.9 Å². The third kappa shape index (κ3) is 8.06. The summed E-state index contributed by atoms with van der Waals surface area (Å²) in [6.45, 7) is 12.4. The average molecular weight is 963 g/mol. The standard InChI is InChI=1S/C51H59FN8O8S/c1-30(2)35-7-5-6-8-38(35)51-29-57(4)25-39(51)46(51)59-27-50(28-59)15-17-58(18-16-50)32-9-10-36(43(19-32)68-33-20-37-40(52)24-54-47(37)53-23-33)48(61)56-69(65,66)34-21-42(60(63)64)45-44(22-34)67-26-41(55-45)31-11-13-49(3,62)14-12-31/h5-10,19-24,30-31,39,41,46,55,62H,11-18,25-29H2,1-4H3,(H,53,54)(H,56,61)/t31-,39?,41-,46-,49-,51+/m1/s1. The highest BCUT2D eigenvalue weighted by molar-refractivity contribution is 7.90. The van der Waals surface area contributed by atoms with Gasteiger partial charge in [-0.25, -0.2) is 22.5 Å². The monoisotopic (exact) mass is 962 g/mol. The van der Waals surface area contributed by atoms with Crippen molar-refractivity contribution in [3.05, 3.63) is 106 Å². The number of amides is 1. The van der Waals surface area contributed by atoms with Crippen LogP contribution in [-0.2, 0) is 15.4 Å². The normalized spacial score (nSPS) is 27.6. The van der Waals surface area contributed by atoms with E-state index in [1.807, 2.05) is 0 Å². The zero-order valence-corrected chi connectivity index (χ0v) is 40.2. The van der Waals surface area contributed by atoms with Gasteiger partial charge in [-0.3, -0.25) is 19.8 Å². The number of halogens is 1. The van der Waals surface area contributed by atoms with E-state index in [0.717, 1.165) is 63.9 Å². The summed E-state index contributed by atoms with van der Waals surface area (Å²) in [4.78, 5) is 39.8. The van der Waals surface area contributed by atoms with Gasteiger partial charge in [-0.05, 0) is 99.1 Å². The smallest absolute Gasteiger partial charge is 0.297 e. The number of anilines is 2. The van der Waals surface area contributed by atoms with E-state index >= 15 is 0 Å². The first-order chi connectivity index (χ1) is 32.9. The quantitative estimate of drug-likeness (QED) is 0.0750. The number of likely N-dealkylation sites (tertiary alicyclic amines) is 2. The molecule has 1 spiro atoms. The predicted octanol–water partition coefficient (Wildman–Crippen LogP) is 7.54. The molecule has 5 fully saturated rings. The van der Waals surface area contributed by atoms with E-state index in [1.165, 1.54) is 41.7 Å². The van der Waals surface area contributed by atoms with Gasteiger partial charge >= 0.3 is 0 Å². The molecule has 364 valence electrons. The number of aliphatic hydroxyl groups is 1. The number of aromatic nitrogens is 2. The minimum Gasteiger partial charge on any atom is -0.489 e. The highest BCUT2D eigenvalue weighted by Crippen LogP contribution is 2.64. The van der Waals surface area contributed by atoms with Gasteiger partial charge in [0.15, 0.2) is 11.4 Å². The number of hydrogen-bond acceptors (Lipinski definition) is 13. The van der Waals surface area contributed by atoms with Crippen LogP contribution in [0.2, 0.25) is 0 Å². The molecule has 4 atom stereocenters. The first-order valence-electron chi connectivity index (χ1n) is 24.2. The van der Waals surface area contributed by atoms with E-state index in [2.05, 4.69) is 79.9 Å². The molecular formula is C51H59FN8O8S. The molecule has 6 heterocycles. The van der Waals surface area contributed by atoms with Crippen molar-refractivity contribution in [2.75, 3.05) is 63.1 Å². The number of benzene rings is 3. The van der Waals surface area contributed by atoms with Gasteiger partial charge in [-0.15, -0.1) is 0 Å². The Morgan fingerprint density at radius 3 is 2.55 bits per heavy atom. The molecule has 0 radical (unpaired) electrons. The van der Waals surface area contributed by atoms with E-state index in [-0.39, 0.29) is 63.3 Å². The fourth-order valence-electron chi connectivity index (χ4n) is 12.6. The number of nitro benzene ring substituents is 1. The van der Waals surface area contributed by atoms with Gasteiger partial charge < -0.3 is 34.7 Å². The lowest BCUT2D eigenvalue weighted by molar-refractivity contribution is -0.384. The number of likely N-dealkylation sites (N-methyl/N-ethyl adjacent to an activating group) is 1. The Balaban J connectivity index is 0.812. The lowest BCUT2D eigenvalue weighted by Crippen LogP contribution is -2.62. The topological polar surface area (TPSA) is 195 Å². The number of sulfonamides is 1. The fourth-order valence-corrected chi connectivity index (χ4v) is 13.6. The van der Waals surface area contributed by atoms with Crippen LogP contribution in [0.15, 0.2) is 78.0 Å². The molecule has 6 aliphatic rings. The van der Waals surface area contributed by atoms with Crippen molar-refractivity contribution < 1.29 is 37.1 Å². The lowest BCUT2D eigenvalue weighted by Gasteiger charge is -2.55. The van der Waals surface area contributed by atoms with Crippen LogP contribution in [0.3, 0.4) is 0 Å². The second-order valence-corrected chi connectivity index (χ2v) is 23.0. The van der Waals surface area contributed by atoms with E-state index in [9.17, 15) is 32.8 Å². The first-order valence-corrected chi connectivity index (χ1v) is 25.6. The van der Waals surface area contributed by atoms with Gasteiger partial charge in [0, 0.05) is 86.7 Å². The fraction of sp³-hybridized carbons (Fsp3) is 0.490.